The molecule has 1 aromatic carbocycles. The Bertz CT molecular complexity index is 916. The van der Waals surface area contributed by atoms with Crippen LogP contribution in [0.15, 0.2) is 29.1 Å². The fourth-order valence-electron chi connectivity index (χ4n) is 2.66. The van der Waals surface area contributed by atoms with E-state index in [9.17, 15) is 4.79 Å². The average molecular weight is 376 g/mol. The minimum atomic E-state index is -0.161. The van der Waals surface area contributed by atoms with E-state index >= 15 is 0 Å². The van der Waals surface area contributed by atoms with Gasteiger partial charge in [0.15, 0.2) is 0 Å². The molecule has 2 N–H and O–H groups in total. The lowest BCUT2D eigenvalue weighted by Crippen LogP contribution is -2.29. The second-order valence-corrected chi connectivity index (χ2v) is 7.80. The number of aromatic amines is 1. The molecule has 0 radical (unpaired) electrons. The number of H-pyrrole nitrogens is 1. The van der Waals surface area contributed by atoms with E-state index in [1.807, 2.05) is 30.5 Å². The number of fused-ring (bicyclic) bond motifs is 1. The monoisotopic (exact) mass is 375 g/mol. The van der Waals surface area contributed by atoms with Gasteiger partial charge in [0.05, 0.1) is 22.8 Å². The van der Waals surface area contributed by atoms with Crippen LogP contribution in [0, 0.1) is 5.41 Å². The third-order valence-electron chi connectivity index (χ3n) is 4.58. The molecule has 0 saturated heterocycles. The molecule has 0 aliphatic heterocycles. The van der Waals surface area contributed by atoms with Crippen molar-refractivity contribution in [1.82, 2.24) is 15.3 Å². The standard InChI is InChI=1S/C18H18ClN3O2S/c1-18(2-3-18)17(23)20-7-12-4-11-5-14(19)16(6-15(11)22-12)24-8-13-9-25-10-21-13/h4-6,9-10,22H,2-3,7-8H2,1H3,(H,20,23). The highest BCUT2D eigenvalue weighted by Crippen LogP contribution is 2.45. The summed E-state index contributed by atoms with van der Waals surface area (Å²) >= 11 is 7.86. The summed E-state index contributed by atoms with van der Waals surface area (Å²) in [5.41, 5.74) is 4.37. The quantitative estimate of drug-likeness (QED) is 0.676. The lowest BCUT2D eigenvalue weighted by atomic mass is 10.1. The van der Waals surface area contributed by atoms with Crippen molar-refractivity contribution in [2.24, 2.45) is 5.41 Å². The van der Waals surface area contributed by atoms with Crippen LogP contribution < -0.4 is 10.1 Å². The first-order valence-electron chi connectivity index (χ1n) is 8.13. The van der Waals surface area contributed by atoms with Crippen LogP contribution in [-0.4, -0.2) is 15.9 Å². The molecule has 25 heavy (non-hydrogen) atoms. The zero-order valence-electron chi connectivity index (χ0n) is 13.8. The molecule has 2 aromatic heterocycles. The highest BCUT2D eigenvalue weighted by molar-refractivity contribution is 7.07. The average Bonchev–Trinajstić information content (AvgIpc) is 3.01. The van der Waals surface area contributed by atoms with Gasteiger partial charge in [-0.1, -0.05) is 18.5 Å². The van der Waals surface area contributed by atoms with Crippen LogP contribution in [0.4, 0.5) is 0 Å². The Morgan fingerprint density at radius 3 is 3.00 bits per heavy atom. The second-order valence-electron chi connectivity index (χ2n) is 6.68. The molecule has 4 rings (SSSR count). The molecule has 5 nitrogen and oxygen atoms in total. The van der Waals surface area contributed by atoms with Crippen LogP contribution in [0.5, 0.6) is 5.75 Å². The smallest absolute Gasteiger partial charge is 0.226 e. The molecule has 0 unspecified atom stereocenters. The predicted octanol–water partition coefficient (Wildman–Crippen LogP) is 4.27. The summed E-state index contributed by atoms with van der Waals surface area (Å²) in [6.45, 7) is 2.87. The van der Waals surface area contributed by atoms with E-state index in [4.69, 9.17) is 16.3 Å². The van der Waals surface area contributed by atoms with E-state index < -0.39 is 0 Å². The first-order valence-corrected chi connectivity index (χ1v) is 9.45. The Labute approximate surface area is 154 Å². The largest absolute Gasteiger partial charge is 0.486 e. The zero-order chi connectivity index (χ0) is 17.4. The number of aromatic nitrogens is 2. The Morgan fingerprint density at radius 2 is 2.28 bits per heavy atom. The van der Waals surface area contributed by atoms with Gasteiger partial charge < -0.3 is 15.0 Å². The minimum Gasteiger partial charge on any atom is -0.486 e. The molecule has 2 heterocycles. The Morgan fingerprint density at radius 1 is 1.44 bits per heavy atom. The van der Waals surface area contributed by atoms with Crippen LogP contribution in [0.2, 0.25) is 5.02 Å². The van der Waals surface area contributed by atoms with Crippen molar-refractivity contribution in [3.05, 3.63) is 45.5 Å². The Balaban J connectivity index is 1.47. The van der Waals surface area contributed by atoms with Gasteiger partial charge in [-0.2, -0.15) is 0 Å². The number of nitrogens with one attached hydrogen (secondary N) is 2. The third kappa shape index (κ3) is 3.50. The van der Waals surface area contributed by atoms with Crippen LogP contribution >= 0.6 is 22.9 Å². The van der Waals surface area contributed by atoms with Gasteiger partial charge in [0.25, 0.3) is 0 Å². The number of rotatable bonds is 6. The number of carbonyl (C=O) groups excluding carboxylic acids is 1. The fourth-order valence-corrected chi connectivity index (χ4v) is 3.43. The van der Waals surface area contributed by atoms with E-state index in [2.05, 4.69) is 15.3 Å². The summed E-state index contributed by atoms with van der Waals surface area (Å²) in [5.74, 6) is 0.738. The number of thiazole rings is 1. The summed E-state index contributed by atoms with van der Waals surface area (Å²) in [5, 5.41) is 6.49. The van der Waals surface area contributed by atoms with Gasteiger partial charge in [0, 0.05) is 33.5 Å². The molecule has 1 fully saturated rings. The highest BCUT2D eigenvalue weighted by atomic mass is 35.5. The lowest BCUT2D eigenvalue weighted by molar-refractivity contribution is -0.125. The molecule has 1 amide bonds. The number of hydrogen-bond acceptors (Lipinski definition) is 4. The van der Waals surface area contributed by atoms with E-state index in [1.54, 1.807) is 5.51 Å². The van der Waals surface area contributed by atoms with Crippen molar-refractivity contribution < 1.29 is 9.53 Å². The Kier molecular flexibility index (Phi) is 4.17. The summed E-state index contributed by atoms with van der Waals surface area (Å²) < 4.78 is 5.77. The van der Waals surface area contributed by atoms with Crippen LogP contribution in [-0.2, 0) is 17.9 Å². The summed E-state index contributed by atoms with van der Waals surface area (Å²) in [4.78, 5) is 19.6. The van der Waals surface area contributed by atoms with Gasteiger partial charge in [-0.3, -0.25) is 4.79 Å². The van der Waals surface area contributed by atoms with Gasteiger partial charge in [-0.15, -0.1) is 11.3 Å². The van der Waals surface area contributed by atoms with Crippen molar-refractivity contribution in [3.63, 3.8) is 0 Å². The van der Waals surface area contributed by atoms with Gasteiger partial charge in [0.2, 0.25) is 5.91 Å². The number of carbonyl (C=O) groups is 1. The fraction of sp³-hybridized carbons (Fsp3) is 0.333. The molecule has 0 spiro atoms. The summed E-state index contributed by atoms with van der Waals surface area (Å²) in [7, 11) is 0. The second kappa shape index (κ2) is 6.35. The van der Waals surface area contributed by atoms with Crippen molar-refractivity contribution in [2.75, 3.05) is 0 Å². The van der Waals surface area contributed by atoms with Gasteiger partial charge in [-0.05, 0) is 25.0 Å². The molecule has 0 atom stereocenters. The highest BCUT2D eigenvalue weighted by Gasteiger charge is 2.44. The number of ether oxygens (including phenoxy) is 1. The number of hydrogen-bond donors (Lipinski definition) is 2. The van der Waals surface area contributed by atoms with Crippen molar-refractivity contribution >= 4 is 39.7 Å². The number of nitrogens with zero attached hydrogens (tertiary/aromatic N) is 1. The normalized spacial score (nSPS) is 15.3. The van der Waals surface area contributed by atoms with Crippen molar-refractivity contribution in [1.29, 1.82) is 0 Å². The number of benzene rings is 1. The van der Waals surface area contributed by atoms with E-state index in [1.165, 1.54) is 11.3 Å². The molecular weight excluding hydrogens is 358 g/mol. The predicted molar refractivity (Wildman–Crippen MR) is 98.9 cm³/mol. The lowest BCUT2D eigenvalue weighted by Gasteiger charge is -2.08. The van der Waals surface area contributed by atoms with E-state index in [0.29, 0.717) is 23.9 Å². The molecule has 3 aromatic rings. The van der Waals surface area contributed by atoms with Crippen molar-refractivity contribution in [3.8, 4) is 5.75 Å². The van der Waals surface area contributed by atoms with E-state index in [-0.39, 0.29) is 11.3 Å². The summed E-state index contributed by atoms with van der Waals surface area (Å²) in [6, 6.07) is 5.76. The number of halogens is 1. The molecule has 1 aliphatic rings. The third-order valence-corrected chi connectivity index (χ3v) is 5.51. The first kappa shape index (κ1) is 16.4. The maximum absolute atomic E-state index is 12.1. The zero-order valence-corrected chi connectivity index (χ0v) is 15.3. The Hall–Kier alpha value is -2.05. The topological polar surface area (TPSA) is 67.0 Å². The maximum Gasteiger partial charge on any atom is 0.226 e. The maximum atomic E-state index is 12.1. The molecule has 1 aliphatic carbocycles. The first-order chi connectivity index (χ1) is 12.0. The van der Waals surface area contributed by atoms with Gasteiger partial charge in [-0.25, -0.2) is 4.98 Å². The number of amides is 1. The molecule has 7 heteroatoms. The molecular formula is C18H18ClN3O2S. The minimum absolute atomic E-state index is 0.122. The molecule has 1 saturated carbocycles. The van der Waals surface area contributed by atoms with Crippen LogP contribution in [0.3, 0.4) is 0 Å². The van der Waals surface area contributed by atoms with Gasteiger partial charge in [0.1, 0.15) is 12.4 Å². The molecule has 0 bridgehead atoms. The summed E-state index contributed by atoms with van der Waals surface area (Å²) in [6.07, 6.45) is 1.95. The van der Waals surface area contributed by atoms with Gasteiger partial charge >= 0.3 is 0 Å². The molecule has 130 valence electrons. The van der Waals surface area contributed by atoms with Crippen LogP contribution in [0.25, 0.3) is 10.9 Å². The SMILES string of the molecule is CC1(C(=O)NCc2cc3cc(Cl)c(OCc4cscn4)cc3[nH]2)CC1. The van der Waals surface area contributed by atoms with Crippen LogP contribution in [0.1, 0.15) is 31.2 Å². The van der Waals surface area contributed by atoms with Crippen molar-refractivity contribution in [2.45, 2.75) is 32.9 Å². The van der Waals surface area contributed by atoms with E-state index in [0.717, 1.165) is 35.1 Å².